The molecule has 1 fully saturated rings. The molecule has 1 aliphatic carbocycles. The molecule has 13 N–H and O–H groups in total. The van der Waals surface area contributed by atoms with E-state index in [4.69, 9.17) is 0 Å². The van der Waals surface area contributed by atoms with E-state index < -0.39 is 114 Å². The molecule has 12 bridgehead atoms. The van der Waals surface area contributed by atoms with Crippen molar-refractivity contribution in [3.8, 4) is 23.0 Å². The maximum Gasteiger partial charge on any atom is 0.255 e. The van der Waals surface area contributed by atoms with Gasteiger partial charge >= 0.3 is 0 Å². The van der Waals surface area contributed by atoms with Crippen LogP contribution in [0.3, 0.4) is 0 Å². The molecule has 1 saturated carbocycles. The number of para-hydroxylation sites is 3. The minimum atomic E-state index is -4.35. The van der Waals surface area contributed by atoms with E-state index in [2.05, 4.69) is 47.3 Å². The van der Waals surface area contributed by atoms with Gasteiger partial charge in [0.25, 0.3) is 47.3 Å². The zero-order valence-corrected chi connectivity index (χ0v) is 48.5. The number of allylic oxidation sites excluding steroid dienone is 2. The van der Waals surface area contributed by atoms with E-state index in [1.807, 2.05) is 22.0 Å². The largest absolute Gasteiger partial charge is 0.506 e. The van der Waals surface area contributed by atoms with Crippen LogP contribution in [0.25, 0.3) is 0 Å². The molecule has 4 aliphatic rings. The molecular formula is C60H75N11O14S. The van der Waals surface area contributed by atoms with Crippen LogP contribution in [-0.4, -0.2) is 184 Å². The summed E-state index contributed by atoms with van der Waals surface area (Å²) in [6.45, 7) is 0.533. The fourth-order valence-corrected chi connectivity index (χ4v) is 12.2. The standard InChI is InChI=1S/C60H75N11O14S/c72-49-41-9-4-12-44(49)56(79)65-25-29-70-30-26-66-57(80)45-13-5-10-42(50(45)73)54(77)62-22-18-37(17-21-61-53(41)76)15-16-38-19-23-63-55(78)43-11-6-14-46(51(43)74)58(81)67-27-31-71(34-33-70)32-28-68-60(83)48-36-40(35-47(52(48)75)59(82)64-24-20-38)86(84,85)69-39-7-2-1-3-8-39/h4-6,9-16,35-39,69,72-75H,1-3,7-8,17-34H2,(H,61,76)(H,62,77)(H,63,78)(H,64,82)(H,65,79)(H,66,80)(H,67,81)(H,68,83)/b16-15+. The van der Waals surface area contributed by atoms with Crippen LogP contribution < -0.4 is 47.3 Å². The molecule has 3 heterocycles. The average molecular weight is 1210 g/mol. The molecule has 0 saturated heterocycles. The Kier molecular flexibility index (Phi) is 22.1. The molecule has 25 nitrogen and oxygen atoms in total. The van der Waals surface area contributed by atoms with E-state index in [0.717, 1.165) is 31.4 Å². The monoisotopic (exact) mass is 1210 g/mol. The van der Waals surface area contributed by atoms with Crippen molar-refractivity contribution in [2.45, 2.75) is 68.7 Å². The van der Waals surface area contributed by atoms with Gasteiger partial charge < -0.3 is 63.0 Å². The summed E-state index contributed by atoms with van der Waals surface area (Å²) in [7, 11) is -4.35. The van der Waals surface area contributed by atoms with E-state index in [0.29, 0.717) is 12.8 Å². The third-order valence-corrected chi connectivity index (χ3v) is 17.3. The number of nitrogens with one attached hydrogen (secondary N) is 9. The molecule has 4 aromatic carbocycles. The number of carbonyl (C=O) groups is 8. The van der Waals surface area contributed by atoms with Crippen LogP contribution in [0.5, 0.6) is 23.0 Å². The van der Waals surface area contributed by atoms with E-state index in [1.54, 1.807) is 0 Å². The Bertz CT molecular complexity index is 3240. The molecule has 8 rings (SSSR count). The summed E-state index contributed by atoms with van der Waals surface area (Å²) in [6.07, 6.45) is 8.23. The molecule has 2 unspecified atom stereocenters. The van der Waals surface area contributed by atoms with Gasteiger partial charge in [-0.05, 0) is 98.9 Å². The quantitative estimate of drug-likeness (QED) is 0.131. The summed E-state index contributed by atoms with van der Waals surface area (Å²) in [5.74, 6) is -9.19. The van der Waals surface area contributed by atoms with Crippen LogP contribution in [0, 0.1) is 11.8 Å². The van der Waals surface area contributed by atoms with Crippen molar-refractivity contribution in [3.05, 3.63) is 123 Å². The lowest BCUT2D eigenvalue weighted by Crippen LogP contribution is -2.46. The van der Waals surface area contributed by atoms with Gasteiger partial charge in [-0.3, -0.25) is 48.2 Å². The normalized spacial score (nSPS) is 22.4. The van der Waals surface area contributed by atoms with Gasteiger partial charge in [0.05, 0.1) is 49.4 Å². The molecule has 3 aliphatic heterocycles. The summed E-state index contributed by atoms with van der Waals surface area (Å²) in [4.78, 5) is 114. The Balaban J connectivity index is 1.22. The molecule has 460 valence electrons. The van der Waals surface area contributed by atoms with Crippen LogP contribution >= 0.6 is 0 Å². The average Bonchev–Trinajstić information content (AvgIpc) is 2.18. The van der Waals surface area contributed by atoms with E-state index in [-0.39, 0.29) is 151 Å². The summed E-state index contributed by atoms with van der Waals surface area (Å²) in [6, 6.07) is 14.3. The van der Waals surface area contributed by atoms with E-state index >= 15 is 0 Å². The van der Waals surface area contributed by atoms with Crippen molar-refractivity contribution in [2.24, 2.45) is 11.8 Å². The SMILES string of the molecule is O=C1NCCC2/C=C/C3CCNC(=O)c4cccc(c4O)C(=O)NCCN(CCNC(=O)c4cc(S(=O)(=O)NC5CCCCC5)cc(c4O)C(=O)NCC3)CCN(CCNC(=O)c3cccc1c3O)CCNC(=O)c1cccc(c1O)C(=O)NCC2. The van der Waals surface area contributed by atoms with Gasteiger partial charge in [0.1, 0.15) is 23.0 Å². The number of hydrogen-bond acceptors (Lipinski definition) is 16. The van der Waals surface area contributed by atoms with Crippen LogP contribution in [-0.2, 0) is 10.0 Å². The smallest absolute Gasteiger partial charge is 0.255 e. The second-order valence-corrected chi connectivity index (χ2v) is 23.4. The molecule has 0 radical (unpaired) electrons. The molecule has 4 aromatic rings. The van der Waals surface area contributed by atoms with Crippen molar-refractivity contribution < 1.29 is 67.2 Å². The highest BCUT2D eigenvalue weighted by molar-refractivity contribution is 7.89. The van der Waals surface area contributed by atoms with Gasteiger partial charge in [0, 0.05) is 97.7 Å². The van der Waals surface area contributed by atoms with Crippen LogP contribution in [0.2, 0.25) is 0 Å². The summed E-state index contributed by atoms with van der Waals surface area (Å²) >= 11 is 0. The number of hydrogen-bond donors (Lipinski definition) is 13. The number of amides is 8. The third-order valence-electron chi connectivity index (χ3n) is 15.8. The highest BCUT2D eigenvalue weighted by Crippen LogP contribution is 2.30. The first-order chi connectivity index (χ1) is 41.4. The van der Waals surface area contributed by atoms with Crippen LogP contribution in [0.15, 0.2) is 83.8 Å². The second-order valence-electron chi connectivity index (χ2n) is 21.7. The van der Waals surface area contributed by atoms with Crippen molar-refractivity contribution in [3.63, 3.8) is 0 Å². The topological polar surface area (TPSA) is 366 Å². The molecule has 26 heteroatoms. The predicted octanol–water partition coefficient (Wildman–Crippen LogP) is 2.05. The van der Waals surface area contributed by atoms with E-state index in [1.165, 1.54) is 54.6 Å². The number of rotatable bonds is 3. The zero-order chi connectivity index (χ0) is 61.3. The second kappa shape index (κ2) is 30.0. The molecular weight excluding hydrogens is 1130 g/mol. The van der Waals surface area contributed by atoms with Crippen molar-refractivity contribution >= 4 is 57.3 Å². The highest BCUT2D eigenvalue weighted by atomic mass is 32.2. The number of phenolic OH excluding ortho intramolecular Hbond substituents is 4. The Morgan fingerprint density at radius 3 is 0.930 bits per heavy atom. The molecule has 2 atom stereocenters. The van der Waals surface area contributed by atoms with E-state index in [9.17, 15) is 67.2 Å². The van der Waals surface area contributed by atoms with Gasteiger partial charge in [0.15, 0.2) is 0 Å². The number of carbonyl (C=O) groups excluding carboxylic acids is 8. The maximum absolute atomic E-state index is 14.3. The number of phenols is 4. The van der Waals surface area contributed by atoms with Gasteiger partial charge in [-0.15, -0.1) is 0 Å². The van der Waals surface area contributed by atoms with Gasteiger partial charge in [0.2, 0.25) is 10.0 Å². The van der Waals surface area contributed by atoms with Crippen LogP contribution in [0.1, 0.15) is 141 Å². The lowest BCUT2D eigenvalue weighted by atomic mass is 9.94. The molecule has 0 spiro atoms. The number of fused-ring (bicyclic) bond motifs is 20. The first-order valence-electron chi connectivity index (χ1n) is 29.1. The minimum absolute atomic E-state index is 0.00396. The Hall–Kier alpha value is -8.59. The minimum Gasteiger partial charge on any atom is -0.506 e. The fourth-order valence-electron chi connectivity index (χ4n) is 10.8. The Labute approximate surface area is 498 Å². The van der Waals surface area contributed by atoms with Crippen molar-refractivity contribution in [2.75, 3.05) is 91.6 Å². The van der Waals surface area contributed by atoms with Crippen LogP contribution in [0.4, 0.5) is 0 Å². The lowest BCUT2D eigenvalue weighted by molar-refractivity contribution is 0.0914. The first kappa shape index (κ1) is 63.4. The molecule has 0 aromatic heterocycles. The highest BCUT2D eigenvalue weighted by Gasteiger charge is 2.30. The number of sulfonamides is 1. The third kappa shape index (κ3) is 16.6. The molecule has 86 heavy (non-hydrogen) atoms. The van der Waals surface area contributed by atoms with Crippen molar-refractivity contribution in [1.82, 2.24) is 57.1 Å². The summed E-state index contributed by atoms with van der Waals surface area (Å²) in [5.41, 5.74) is -1.94. The number of nitrogens with zero attached hydrogens (tertiary/aromatic N) is 2. The van der Waals surface area contributed by atoms with Gasteiger partial charge in [-0.1, -0.05) is 49.6 Å². The number of benzene rings is 4. The van der Waals surface area contributed by atoms with Crippen molar-refractivity contribution in [1.29, 1.82) is 0 Å². The number of aromatic hydroxyl groups is 4. The summed E-state index contributed by atoms with van der Waals surface area (Å²) < 4.78 is 30.9. The lowest BCUT2D eigenvalue weighted by Gasteiger charge is -2.28. The Morgan fingerprint density at radius 1 is 0.360 bits per heavy atom. The van der Waals surface area contributed by atoms with Gasteiger partial charge in [-0.25, -0.2) is 13.1 Å². The molecule has 8 amide bonds. The zero-order valence-electron chi connectivity index (χ0n) is 47.7. The predicted molar refractivity (Wildman–Crippen MR) is 316 cm³/mol. The fraction of sp³-hybridized carbons (Fsp3) is 0.433. The maximum atomic E-state index is 14.3. The van der Waals surface area contributed by atoms with Gasteiger partial charge in [-0.2, -0.15) is 0 Å². The Morgan fingerprint density at radius 2 is 0.628 bits per heavy atom. The summed E-state index contributed by atoms with van der Waals surface area (Å²) in [5, 5.41) is 68.1. The first-order valence-corrected chi connectivity index (χ1v) is 30.6.